The highest BCUT2D eigenvalue weighted by Crippen LogP contribution is 2.43. The van der Waals surface area contributed by atoms with Gasteiger partial charge < -0.3 is 4.57 Å². The molecule has 13 heavy (non-hydrogen) atoms. The van der Waals surface area contributed by atoms with E-state index in [-0.39, 0.29) is 18.8 Å². The molecule has 0 amide bonds. The lowest BCUT2D eigenvalue weighted by molar-refractivity contribution is -0.110. The third-order valence-corrected chi connectivity index (χ3v) is 2.57. The monoisotopic (exact) mass is 186 g/mol. The van der Waals surface area contributed by atoms with E-state index in [1.165, 1.54) is 0 Å². The van der Waals surface area contributed by atoms with Gasteiger partial charge in [-0.05, 0) is 5.92 Å². The van der Waals surface area contributed by atoms with E-state index in [9.17, 15) is 8.78 Å². The normalized spacial score (nSPS) is 21.5. The van der Waals surface area contributed by atoms with Crippen LogP contribution in [-0.4, -0.2) is 15.5 Å². The molecule has 1 heterocycles. The molecular formula is C9H12F2N2. The summed E-state index contributed by atoms with van der Waals surface area (Å²) in [5.74, 6) is -1.38. The molecule has 1 aromatic rings. The first-order valence-electron chi connectivity index (χ1n) is 4.41. The number of aryl methyl sites for hydroxylation is 1. The van der Waals surface area contributed by atoms with Gasteiger partial charge in [0.1, 0.15) is 5.82 Å². The summed E-state index contributed by atoms with van der Waals surface area (Å²) >= 11 is 0. The van der Waals surface area contributed by atoms with Crippen LogP contribution in [0.15, 0.2) is 12.4 Å². The Labute approximate surface area is 75.6 Å². The van der Waals surface area contributed by atoms with Crippen molar-refractivity contribution < 1.29 is 8.78 Å². The van der Waals surface area contributed by atoms with E-state index in [1.54, 1.807) is 6.20 Å². The molecule has 0 aromatic carbocycles. The van der Waals surface area contributed by atoms with Crippen LogP contribution in [0, 0.1) is 5.92 Å². The zero-order valence-electron chi connectivity index (χ0n) is 7.50. The molecule has 0 spiro atoms. The van der Waals surface area contributed by atoms with Crippen molar-refractivity contribution in [1.29, 1.82) is 0 Å². The highest BCUT2D eigenvalue weighted by molar-refractivity contribution is 4.97. The molecule has 0 aliphatic heterocycles. The van der Waals surface area contributed by atoms with Crippen molar-refractivity contribution in [2.75, 3.05) is 0 Å². The zero-order chi connectivity index (χ0) is 9.47. The highest BCUT2D eigenvalue weighted by Gasteiger charge is 2.45. The zero-order valence-corrected chi connectivity index (χ0v) is 7.50. The Morgan fingerprint density at radius 1 is 1.62 bits per heavy atom. The van der Waals surface area contributed by atoms with Crippen LogP contribution in [0.4, 0.5) is 8.78 Å². The molecule has 0 N–H and O–H groups in total. The van der Waals surface area contributed by atoms with Crippen LogP contribution in [0.1, 0.15) is 18.7 Å². The van der Waals surface area contributed by atoms with E-state index in [2.05, 4.69) is 4.98 Å². The van der Waals surface area contributed by atoms with Gasteiger partial charge in [-0.3, -0.25) is 0 Å². The van der Waals surface area contributed by atoms with Crippen molar-refractivity contribution >= 4 is 0 Å². The van der Waals surface area contributed by atoms with Gasteiger partial charge in [0.2, 0.25) is 5.92 Å². The largest absolute Gasteiger partial charge is 0.338 e. The minimum absolute atomic E-state index is 0.0276. The van der Waals surface area contributed by atoms with Gasteiger partial charge in [-0.1, -0.05) is 0 Å². The number of hydrogen-bond donors (Lipinski definition) is 0. The molecule has 4 heteroatoms. The van der Waals surface area contributed by atoms with E-state index in [4.69, 9.17) is 0 Å². The molecule has 1 saturated carbocycles. The second-order valence-corrected chi connectivity index (χ2v) is 3.79. The Kier molecular flexibility index (Phi) is 1.86. The van der Waals surface area contributed by atoms with Crippen LogP contribution in [0.3, 0.4) is 0 Å². The van der Waals surface area contributed by atoms with Gasteiger partial charge in [-0.2, -0.15) is 0 Å². The topological polar surface area (TPSA) is 17.8 Å². The van der Waals surface area contributed by atoms with Crippen LogP contribution < -0.4 is 0 Å². The number of rotatable bonds is 2. The Morgan fingerprint density at radius 3 is 2.77 bits per heavy atom. The Balaban J connectivity index is 1.91. The summed E-state index contributed by atoms with van der Waals surface area (Å²) in [7, 11) is 1.89. The smallest absolute Gasteiger partial charge is 0.248 e. The second kappa shape index (κ2) is 2.79. The standard InChI is InChI=1S/C9H12F2N2/c1-13-3-2-12-8(13)4-7-5-9(10,11)6-7/h2-3,7H,4-6H2,1H3. The van der Waals surface area contributed by atoms with Crippen LogP contribution in [0.5, 0.6) is 0 Å². The lowest BCUT2D eigenvalue weighted by Crippen LogP contribution is -2.36. The van der Waals surface area contributed by atoms with Crippen molar-refractivity contribution in [3.8, 4) is 0 Å². The summed E-state index contributed by atoms with van der Waals surface area (Å²) in [6, 6.07) is 0. The van der Waals surface area contributed by atoms with Gasteiger partial charge in [-0.25, -0.2) is 13.8 Å². The minimum Gasteiger partial charge on any atom is -0.338 e. The van der Waals surface area contributed by atoms with Crippen molar-refractivity contribution in [1.82, 2.24) is 9.55 Å². The molecule has 0 bridgehead atoms. The molecule has 0 radical (unpaired) electrons. The minimum atomic E-state index is -2.41. The third-order valence-electron chi connectivity index (χ3n) is 2.57. The average Bonchev–Trinajstić information content (AvgIpc) is 2.33. The molecule has 0 saturated heterocycles. The third kappa shape index (κ3) is 1.71. The summed E-state index contributed by atoms with van der Waals surface area (Å²) in [5.41, 5.74) is 0. The van der Waals surface area contributed by atoms with E-state index < -0.39 is 5.92 Å². The molecule has 72 valence electrons. The van der Waals surface area contributed by atoms with Crippen LogP contribution in [-0.2, 0) is 13.5 Å². The number of alkyl halides is 2. The van der Waals surface area contributed by atoms with Gasteiger partial charge in [-0.15, -0.1) is 0 Å². The van der Waals surface area contributed by atoms with E-state index >= 15 is 0 Å². The second-order valence-electron chi connectivity index (χ2n) is 3.79. The molecule has 0 atom stereocenters. The first-order valence-corrected chi connectivity index (χ1v) is 4.41. The van der Waals surface area contributed by atoms with Crippen molar-refractivity contribution in [2.45, 2.75) is 25.2 Å². The quantitative estimate of drug-likeness (QED) is 0.690. The fourth-order valence-corrected chi connectivity index (χ4v) is 1.78. The van der Waals surface area contributed by atoms with Gasteiger partial charge in [0.15, 0.2) is 0 Å². The molecule has 1 aliphatic carbocycles. The highest BCUT2D eigenvalue weighted by atomic mass is 19.3. The van der Waals surface area contributed by atoms with E-state index in [1.807, 2.05) is 17.8 Å². The SMILES string of the molecule is Cn1ccnc1CC1CC(F)(F)C1. The molecule has 1 aliphatic rings. The Hall–Kier alpha value is -0.930. The molecule has 2 rings (SSSR count). The predicted octanol–water partition coefficient (Wildman–Crippen LogP) is 2.01. The first-order chi connectivity index (χ1) is 6.07. The number of aromatic nitrogens is 2. The average molecular weight is 186 g/mol. The fraction of sp³-hybridized carbons (Fsp3) is 0.667. The summed E-state index contributed by atoms with van der Waals surface area (Å²) in [4.78, 5) is 4.10. The molecule has 1 fully saturated rings. The number of imidazole rings is 1. The summed E-state index contributed by atoms with van der Waals surface area (Å²) < 4.78 is 26.9. The maximum atomic E-state index is 12.5. The molecule has 1 aromatic heterocycles. The van der Waals surface area contributed by atoms with Gasteiger partial charge in [0, 0.05) is 38.7 Å². The van der Waals surface area contributed by atoms with Crippen LogP contribution >= 0.6 is 0 Å². The van der Waals surface area contributed by atoms with Gasteiger partial charge in [0.05, 0.1) is 0 Å². The summed E-state index contributed by atoms with van der Waals surface area (Å²) in [6.07, 6.45) is 4.27. The number of halogens is 2. The van der Waals surface area contributed by atoms with Crippen LogP contribution in [0.2, 0.25) is 0 Å². The van der Waals surface area contributed by atoms with Gasteiger partial charge >= 0.3 is 0 Å². The van der Waals surface area contributed by atoms with Crippen molar-refractivity contribution in [3.05, 3.63) is 18.2 Å². The van der Waals surface area contributed by atoms with Crippen LogP contribution in [0.25, 0.3) is 0 Å². The molecular weight excluding hydrogens is 174 g/mol. The lowest BCUT2D eigenvalue weighted by Gasteiger charge is -2.34. The fourth-order valence-electron chi connectivity index (χ4n) is 1.78. The van der Waals surface area contributed by atoms with Crippen molar-refractivity contribution in [3.63, 3.8) is 0 Å². The number of nitrogens with zero attached hydrogens (tertiary/aromatic N) is 2. The van der Waals surface area contributed by atoms with E-state index in [0.717, 1.165) is 5.82 Å². The van der Waals surface area contributed by atoms with Gasteiger partial charge in [0.25, 0.3) is 0 Å². The number of hydrogen-bond acceptors (Lipinski definition) is 1. The maximum absolute atomic E-state index is 12.5. The van der Waals surface area contributed by atoms with Crippen molar-refractivity contribution in [2.24, 2.45) is 13.0 Å². The Bertz CT molecular complexity index is 298. The molecule has 0 unspecified atom stereocenters. The Morgan fingerprint density at radius 2 is 2.31 bits per heavy atom. The summed E-state index contributed by atoms with van der Waals surface area (Å²) in [5, 5.41) is 0. The van der Waals surface area contributed by atoms with E-state index in [0.29, 0.717) is 6.42 Å². The maximum Gasteiger partial charge on any atom is 0.248 e. The molecule has 2 nitrogen and oxygen atoms in total. The summed E-state index contributed by atoms with van der Waals surface area (Å²) in [6.45, 7) is 0. The predicted molar refractivity (Wildman–Crippen MR) is 44.6 cm³/mol. The first kappa shape index (κ1) is 8.66. The lowest BCUT2D eigenvalue weighted by atomic mass is 9.79.